The van der Waals surface area contributed by atoms with Crippen LogP contribution in [0, 0.1) is 0 Å². The Kier molecular flexibility index (Phi) is 3.02. The zero-order valence-electron chi connectivity index (χ0n) is 10.6. The Labute approximate surface area is 104 Å². The third-order valence-corrected chi connectivity index (χ3v) is 2.25. The Bertz CT molecular complexity index is 483. The zero-order valence-corrected chi connectivity index (χ0v) is 10.6. The van der Waals surface area contributed by atoms with Crippen LogP contribution in [0.1, 0.15) is 31.3 Å². The van der Waals surface area contributed by atoms with Gasteiger partial charge >= 0.3 is 6.09 Å². The van der Waals surface area contributed by atoms with Gasteiger partial charge in [0.2, 0.25) is 0 Å². The second-order valence-corrected chi connectivity index (χ2v) is 4.87. The van der Waals surface area contributed by atoms with E-state index in [2.05, 4.69) is 0 Å². The third kappa shape index (κ3) is 2.32. The van der Waals surface area contributed by atoms with E-state index in [9.17, 15) is 9.59 Å². The number of nitrogens with zero attached hydrogens (tertiary/aromatic N) is 1. The number of hydrogen-bond acceptors (Lipinski definition) is 5. The molecule has 1 aliphatic heterocycles. The van der Waals surface area contributed by atoms with Crippen LogP contribution in [0.15, 0.2) is 6.20 Å². The fraction of sp³-hybridized carbons (Fsp3) is 0.500. The second-order valence-electron chi connectivity index (χ2n) is 4.87. The summed E-state index contributed by atoms with van der Waals surface area (Å²) < 4.78 is 16.9. The minimum absolute atomic E-state index is 0.110. The van der Waals surface area contributed by atoms with Crippen molar-refractivity contribution in [2.75, 3.05) is 13.2 Å². The Balaban J connectivity index is 2.36. The molecule has 2 heterocycles. The molecule has 18 heavy (non-hydrogen) atoms. The molecule has 0 radical (unpaired) electrons. The van der Waals surface area contributed by atoms with E-state index < -0.39 is 11.7 Å². The number of rotatable bonds is 1. The van der Waals surface area contributed by atoms with Gasteiger partial charge in [0.15, 0.2) is 17.8 Å². The van der Waals surface area contributed by atoms with Gasteiger partial charge in [0.1, 0.15) is 24.5 Å². The summed E-state index contributed by atoms with van der Waals surface area (Å²) in [5, 5.41) is 0. The largest absolute Gasteiger partial charge is 0.484 e. The van der Waals surface area contributed by atoms with Crippen molar-refractivity contribution in [2.45, 2.75) is 26.4 Å². The maximum atomic E-state index is 11.9. The molecule has 0 aromatic carbocycles. The van der Waals surface area contributed by atoms with Crippen molar-refractivity contribution in [3.8, 4) is 11.5 Å². The molecule has 0 N–H and O–H groups in total. The summed E-state index contributed by atoms with van der Waals surface area (Å²) in [6, 6.07) is 0. The minimum Gasteiger partial charge on any atom is -0.484 e. The van der Waals surface area contributed by atoms with E-state index in [1.165, 1.54) is 6.20 Å². The number of ether oxygens (including phenoxy) is 3. The van der Waals surface area contributed by atoms with Crippen molar-refractivity contribution < 1.29 is 23.8 Å². The smallest absolute Gasteiger partial charge is 0.419 e. The minimum atomic E-state index is -0.635. The van der Waals surface area contributed by atoms with Gasteiger partial charge in [-0.05, 0) is 20.8 Å². The first-order valence-corrected chi connectivity index (χ1v) is 5.62. The summed E-state index contributed by atoms with van der Waals surface area (Å²) in [6.45, 7) is 6.00. The van der Waals surface area contributed by atoms with Gasteiger partial charge in [-0.15, -0.1) is 0 Å². The van der Waals surface area contributed by atoms with Gasteiger partial charge in [-0.2, -0.15) is 0 Å². The summed E-state index contributed by atoms with van der Waals surface area (Å²) in [7, 11) is 0. The fourth-order valence-electron chi connectivity index (χ4n) is 1.60. The van der Waals surface area contributed by atoms with Crippen molar-refractivity contribution in [2.24, 2.45) is 0 Å². The van der Waals surface area contributed by atoms with Crippen LogP contribution < -0.4 is 9.47 Å². The lowest BCUT2D eigenvalue weighted by atomic mass is 10.2. The monoisotopic (exact) mass is 253 g/mol. The molecular weight excluding hydrogens is 238 g/mol. The van der Waals surface area contributed by atoms with E-state index in [0.717, 1.165) is 4.57 Å². The molecule has 1 aromatic heterocycles. The highest BCUT2D eigenvalue weighted by Crippen LogP contribution is 2.35. The molecule has 0 saturated carbocycles. The van der Waals surface area contributed by atoms with E-state index in [1.54, 1.807) is 20.8 Å². The standard InChI is InChI=1S/C12H15NO5/c1-12(2,3)18-11(15)13-6-9-10(8(13)7-14)17-5-4-16-9/h6-7H,4-5H2,1-3H3. The Morgan fingerprint density at radius 3 is 2.67 bits per heavy atom. The number of aldehydes is 1. The number of hydrogen-bond donors (Lipinski definition) is 0. The first-order chi connectivity index (χ1) is 8.42. The van der Waals surface area contributed by atoms with Gasteiger partial charge in [0.25, 0.3) is 0 Å². The lowest BCUT2D eigenvalue weighted by Gasteiger charge is -2.19. The summed E-state index contributed by atoms with van der Waals surface area (Å²) in [4.78, 5) is 23.0. The summed E-state index contributed by atoms with van der Waals surface area (Å²) in [5.41, 5.74) is -0.525. The van der Waals surface area contributed by atoms with Gasteiger partial charge in [0.05, 0.1) is 6.20 Å². The molecule has 1 aromatic rings. The van der Waals surface area contributed by atoms with E-state index in [0.29, 0.717) is 31.0 Å². The van der Waals surface area contributed by atoms with Crippen molar-refractivity contribution in [3.05, 3.63) is 11.9 Å². The lowest BCUT2D eigenvalue weighted by molar-refractivity contribution is 0.0530. The van der Waals surface area contributed by atoms with Gasteiger partial charge < -0.3 is 14.2 Å². The molecule has 0 fully saturated rings. The van der Waals surface area contributed by atoms with Crippen LogP contribution in [-0.2, 0) is 4.74 Å². The van der Waals surface area contributed by atoms with E-state index >= 15 is 0 Å². The van der Waals surface area contributed by atoms with Crippen LogP contribution in [0.2, 0.25) is 0 Å². The van der Waals surface area contributed by atoms with E-state index in [-0.39, 0.29) is 5.69 Å². The Morgan fingerprint density at radius 1 is 1.39 bits per heavy atom. The lowest BCUT2D eigenvalue weighted by Crippen LogP contribution is -2.27. The summed E-state index contributed by atoms with van der Waals surface area (Å²) >= 11 is 0. The van der Waals surface area contributed by atoms with E-state index in [4.69, 9.17) is 14.2 Å². The average molecular weight is 253 g/mol. The second kappa shape index (κ2) is 4.36. The van der Waals surface area contributed by atoms with Gasteiger partial charge in [-0.3, -0.25) is 4.79 Å². The molecule has 0 unspecified atom stereocenters. The van der Waals surface area contributed by atoms with Crippen LogP contribution in [0.3, 0.4) is 0 Å². The molecule has 0 bridgehead atoms. The topological polar surface area (TPSA) is 66.8 Å². The molecule has 0 saturated heterocycles. The first-order valence-electron chi connectivity index (χ1n) is 5.62. The van der Waals surface area contributed by atoms with Crippen molar-refractivity contribution in [1.82, 2.24) is 4.57 Å². The highest BCUT2D eigenvalue weighted by atomic mass is 16.6. The molecular formula is C12H15NO5. The number of carbonyl (C=O) groups excluding carboxylic acids is 2. The van der Waals surface area contributed by atoms with Crippen molar-refractivity contribution in [1.29, 1.82) is 0 Å². The zero-order chi connectivity index (χ0) is 13.3. The number of fused-ring (bicyclic) bond motifs is 1. The highest BCUT2D eigenvalue weighted by Gasteiger charge is 2.27. The first kappa shape index (κ1) is 12.5. The van der Waals surface area contributed by atoms with Crippen LogP contribution >= 0.6 is 0 Å². The Morgan fingerprint density at radius 2 is 2.06 bits per heavy atom. The molecule has 0 aliphatic carbocycles. The predicted octanol–water partition coefficient (Wildman–Crippen LogP) is 1.85. The molecule has 6 heteroatoms. The van der Waals surface area contributed by atoms with Gasteiger partial charge in [0, 0.05) is 0 Å². The predicted molar refractivity (Wildman–Crippen MR) is 62.4 cm³/mol. The van der Waals surface area contributed by atoms with Gasteiger partial charge in [-0.1, -0.05) is 0 Å². The summed E-state index contributed by atoms with van der Waals surface area (Å²) in [6.07, 6.45) is 1.33. The van der Waals surface area contributed by atoms with Crippen molar-refractivity contribution >= 4 is 12.4 Å². The maximum Gasteiger partial charge on any atom is 0.419 e. The molecule has 0 amide bonds. The fourth-order valence-corrected chi connectivity index (χ4v) is 1.60. The average Bonchev–Trinajstić information content (AvgIpc) is 2.65. The van der Waals surface area contributed by atoms with Crippen LogP contribution in [0.5, 0.6) is 11.5 Å². The van der Waals surface area contributed by atoms with Crippen LogP contribution in [-0.4, -0.2) is 35.8 Å². The number of aromatic nitrogens is 1. The van der Waals surface area contributed by atoms with Crippen LogP contribution in [0.25, 0.3) is 0 Å². The third-order valence-electron chi connectivity index (χ3n) is 2.25. The molecule has 6 nitrogen and oxygen atoms in total. The Hall–Kier alpha value is -1.98. The summed E-state index contributed by atoms with van der Waals surface area (Å²) in [5.74, 6) is 0.677. The quantitative estimate of drug-likeness (QED) is 0.714. The van der Waals surface area contributed by atoms with Gasteiger partial charge in [-0.25, -0.2) is 9.36 Å². The van der Waals surface area contributed by atoms with Crippen LogP contribution in [0.4, 0.5) is 4.79 Å². The molecule has 1 aliphatic rings. The highest BCUT2D eigenvalue weighted by molar-refractivity contribution is 5.87. The molecule has 0 spiro atoms. The molecule has 2 rings (SSSR count). The normalized spacial score (nSPS) is 14.2. The van der Waals surface area contributed by atoms with Crippen molar-refractivity contribution in [3.63, 3.8) is 0 Å². The SMILES string of the molecule is CC(C)(C)OC(=O)n1cc2c(c1C=O)OCCO2. The maximum absolute atomic E-state index is 11.9. The molecule has 0 atom stereocenters. The molecule has 98 valence electrons. The number of carbonyl (C=O) groups is 2. The van der Waals surface area contributed by atoms with E-state index in [1.807, 2.05) is 0 Å².